The van der Waals surface area contributed by atoms with Gasteiger partial charge in [-0.25, -0.2) is 0 Å². The molecule has 1 saturated heterocycles. The van der Waals surface area contributed by atoms with Crippen molar-refractivity contribution in [2.45, 2.75) is 33.2 Å². The molecule has 26 heavy (non-hydrogen) atoms. The molecule has 1 aliphatic heterocycles. The van der Waals surface area contributed by atoms with Crippen molar-refractivity contribution in [1.82, 2.24) is 30.0 Å². The van der Waals surface area contributed by atoms with Crippen molar-refractivity contribution in [3.8, 4) is 11.4 Å². The Kier molecular flexibility index (Phi) is 6.17. The Morgan fingerprint density at radius 1 is 1.12 bits per heavy atom. The van der Waals surface area contributed by atoms with E-state index in [9.17, 15) is 4.79 Å². The Morgan fingerprint density at radius 3 is 2.50 bits per heavy atom. The van der Waals surface area contributed by atoms with Crippen LogP contribution in [0.25, 0.3) is 5.69 Å². The van der Waals surface area contributed by atoms with Gasteiger partial charge in [0, 0.05) is 32.6 Å². The molecule has 0 N–H and O–H groups in total. The molecule has 1 aliphatic rings. The number of rotatable bonds is 7. The van der Waals surface area contributed by atoms with Gasteiger partial charge in [-0.1, -0.05) is 6.92 Å². The van der Waals surface area contributed by atoms with Gasteiger partial charge in [-0.3, -0.25) is 9.69 Å². The SMILES string of the molecule is CCCC(=O)N1CCN(Cc2nnnn2-c2ccc(OCC)cc2)CC1. The molecule has 2 heterocycles. The summed E-state index contributed by atoms with van der Waals surface area (Å²) in [5.74, 6) is 1.88. The lowest BCUT2D eigenvalue weighted by atomic mass is 10.2. The second-order valence-corrected chi connectivity index (χ2v) is 6.34. The highest BCUT2D eigenvalue weighted by Gasteiger charge is 2.22. The molecule has 1 amide bonds. The zero-order valence-electron chi connectivity index (χ0n) is 15.5. The summed E-state index contributed by atoms with van der Waals surface area (Å²) < 4.78 is 7.23. The monoisotopic (exact) mass is 358 g/mol. The average Bonchev–Trinajstić information content (AvgIpc) is 3.11. The van der Waals surface area contributed by atoms with Gasteiger partial charge >= 0.3 is 0 Å². The fraction of sp³-hybridized carbons (Fsp3) is 0.556. The van der Waals surface area contributed by atoms with E-state index >= 15 is 0 Å². The molecule has 0 spiro atoms. The fourth-order valence-electron chi connectivity index (χ4n) is 3.08. The Hall–Kier alpha value is -2.48. The summed E-state index contributed by atoms with van der Waals surface area (Å²) in [6.45, 7) is 8.51. The van der Waals surface area contributed by atoms with E-state index < -0.39 is 0 Å². The van der Waals surface area contributed by atoms with E-state index in [4.69, 9.17) is 4.74 Å². The standard InChI is InChI=1S/C18H26N6O2/c1-3-5-18(25)23-12-10-22(11-13-23)14-17-19-20-21-24(17)15-6-8-16(9-7-15)26-4-2/h6-9H,3-5,10-14H2,1-2H3. The van der Waals surface area contributed by atoms with E-state index in [-0.39, 0.29) is 5.91 Å². The molecule has 1 aromatic carbocycles. The van der Waals surface area contributed by atoms with Crippen LogP contribution in [0.4, 0.5) is 0 Å². The first kappa shape index (κ1) is 18.3. The van der Waals surface area contributed by atoms with Crippen molar-refractivity contribution < 1.29 is 9.53 Å². The predicted molar refractivity (Wildman–Crippen MR) is 97.1 cm³/mol. The number of hydrogen-bond acceptors (Lipinski definition) is 6. The van der Waals surface area contributed by atoms with E-state index in [2.05, 4.69) is 20.4 Å². The van der Waals surface area contributed by atoms with Gasteiger partial charge in [0.15, 0.2) is 5.82 Å². The van der Waals surface area contributed by atoms with Crippen LogP contribution in [0.5, 0.6) is 5.75 Å². The molecule has 140 valence electrons. The number of hydrogen-bond donors (Lipinski definition) is 0. The summed E-state index contributed by atoms with van der Waals surface area (Å²) in [4.78, 5) is 16.2. The van der Waals surface area contributed by atoms with Crippen molar-refractivity contribution in [3.63, 3.8) is 0 Å². The van der Waals surface area contributed by atoms with Crippen LogP contribution in [0.1, 0.15) is 32.5 Å². The summed E-state index contributed by atoms with van der Waals surface area (Å²) in [6, 6.07) is 7.74. The maximum absolute atomic E-state index is 12.0. The zero-order chi connectivity index (χ0) is 18.4. The maximum Gasteiger partial charge on any atom is 0.222 e. The predicted octanol–water partition coefficient (Wildman–Crippen LogP) is 1.51. The second kappa shape index (κ2) is 8.75. The van der Waals surface area contributed by atoms with Crippen molar-refractivity contribution in [1.29, 1.82) is 0 Å². The first-order valence-electron chi connectivity index (χ1n) is 9.22. The van der Waals surface area contributed by atoms with Crippen molar-refractivity contribution in [2.75, 3.05) is 32.8 Å². The van der Waals surface area contributed by atoms with Crippen LogP contribution >= 0.6 is 0 Å². The van der Waals surface area contributed by atoms with Gasteiger partial charge in [-0.15, -0.1) is 5.10 Å². The molecule has 0 radical (unpaired) electrons. The van der Waals surface area contributed by atoms with Gasteiger partial charge in [0.2, 0.25) is 5.91 Å². The van der Waals surface area contributed by atoms with E-state index in [1.54, 1.807) is 4.68 Å². The lowest BCUT2D eigenvalue weighted by molar-refractivity contribution is -0.133. The molecular formula is C18H26N6O2. The normalized spacial score (nSPS) is 15.2. The number of aromatic nitrogens is 4. The Bertz CT molecular complexity index is 707. The number of amides is 1. The summed E-state index contributed by atoms with van der Waals surface area (Å²) in [5.41, 5.74) is 0.908. The summed E-state index contributed by atoms with van der Waals surface area (Å²) in [5, 5.41) is 12.1. The molecule has 0 saturated carbocycles. The van der Waals surface area contributed by atoms with Crippen LogP contribution in [0.2, 0.25) is 0 Å². The number of carbonyl (C=O) groups excluding carboxylic acids is 1. The molecular weight excluding hydrogens is 332 g/mol. The molecule has 8 heteroatoms. The van der Waals surface area contributed by atoms with Gasteiger partial charge in [0.25, 0.3) is 0 Å². The highest BCUT2D eigenvalue weighted by molar-refractivity contribution is 5.76. The lowest BCUT2D eigenvalue weighted by Gasteiger charge is -2.34. The van der Waals surface area contributed by atoms with E-state index in [1.165, 1.54) is 0 Å². The number of nitrogens with zero attached hydrogens (tertiary/aromatic N) is 6. The van der Waals surface area contributed by atoms with Crippen molar-refractivity contribution in [2.24, 2.45) is 0 Å². The zero-order valence-corrected chi connectivity index (χ0v) is 15.5. The smallest absolute Gasteiger partial charge is 0.222 e. The average molecular weight is 358 g/mol. The highest BCUT2D eigenvalue weighted by Crippen LogP contribution is 2.16. The number of benzene rings is 1. The largest absolute Gasteiger partial charge is 0.494 e. The second-order valence-electron chi connectivity index (χ2n) is 6.34. The molecule has 0 bridgehead atoms. The van der Waals surface area contributed by atoms with Gasteiger partial charge in [0.1, 0.15) is 5.75 Å². The van der Waals surface area contributed by atoms with E-state index in [0.29, 0.717) is 19.6 Å². The van der Waals surface area contributed by atoms with Crippen LogP contribution in [0.15, 0.2) is 24.3 Å². The van der Waals surface area contributed by atoms with Gasteiger partial charge in [-0.2, -0.15) is 4.68 Å². The number of piperazine rings is 1. The minimum Gasteiger partial charge on any atom is -0.494 e. The third kappa shape index (κ3) is 4.37. The van der Waals surface area contributed by atoms with Crippen molar-refractivity contribution >= 4 is 5.91 Å². The van der Waals surface area contributed by atoms with E-state index in [1.807, 2.05) is 43.0 Å². The third-order valence-electron chi connectivity index (χ3n) is 4.48. The number of tetrazole rings is 1. The number of carbonyl (C=O) groups is 1. The first-order valence-corrected chi connectivity index (χ1v) is 9.22. The molecule has 0 unspecified atom stereocenters. The quantitative estimate of drug-likeness (QED) is 0.747. The van der Waals surface area contributed by atoms with Gasteiger partial charge < -0.3 is 9.64 Å². The van der Waals surface area contributed by atoms with Crippen LogP contribution < -0.4 is 4.74 Å². The van der Waals surface area contributed by atoms with Crippen LogP contribution in [-0.2, 0) is 11.3 Å². The van der Waals surface area contributed by atoms with Crippen LogP contribution in [0, 0.1) is 0 Å². The molecule has 1 fully saturated rings. The van der Waals surface area contributed by atoms with E-state index in [0.717, 1.165) is 49.9 Å². The van der Waals surface area contributed by atoms with Crippen LogP contribution in [-0.4, -0.2) is 68.7 Å². The van der Waals surface area contributed by atoms with Gasteiger partial charge in [0.05, 0.1) is 18.8 Å². The topological polar surface area (TPSA) is 76.4 Å². The van der Waals surface area contributed by atoms with Crippen molar-refractivity contribution in [3.05, 3.63) is 30.1 Å². The molecule has 2 aromatic rings. The first-order chi connectivity index (χ1) is 12.7. The lowest BCUT2D eigenvalue weighted by Crippen LogP contribution is -2.48. The Balaban J connectivity index is 1.60. The molecule has 0 aliphatic carbocycles. The Morgan fingerprint density at radius 2 is 1.85 bits per heavy atom. The highest BCUT2D eigenvalue weighted by atomic mass is 16.5. The summed E-state index contributed by atoms with van der Waals surface area (Å²) in [6.07, 6.45) is 1.53. The Labute approximate surface area is 153 Å². The minimum atomic E-state index is 0.256. The minimum absolute atomic E-state index is 0.256. The number of ether oxygens (including phenoxy) is 1. The van der Waals surface area contributed by atoms with Crippen LogP contribution in [0.3, 0.4) is 0 Å². The van der Waals surface area contributed by atoms with Gasteiger partial charge in [-0.05, 0) is 48.0 Å². The molecule has 0 atom stereocenters. The molecule has 3 rings (SSSR count). The summed E-state index contributed by atoms with van der Waals surface area (Å²) in [7, 11) is 0. The fourth-order valence-corrected chi connectivity index (χ4v) is 3.08. The maximum atomic E-state index is 12.0. The molecule has 8 nitrogen and oxygen atoms in total. The molecule has 1 aromatic heterocycles. The summed E-state index contributed by atoms with van der Waals surface area (Å²) >= 11 is 0. The third-order valence-corrected chi connectivity index (χ3v) is 4.48.